The summed E-state index contributed by atoms with van der Waals surface area (Å²) in [5.74, 6) is 0. The Bertz CT molecular complexity index is 196. The fourth-order valence-corrected chi connectivity index (χ4v) is 3.02. The van der Waals surface area contributed by atoms with Crippen molar-refractivity contribution in [3.05, 3.63) is 0 Å². The molecule has 0 N–H and O–H groups in total. The Hall–Kier alpha value is -0.120. The van der Waals surface area contributed by atoms with Crippen LogP contribution in [0.25, 0.3) is 0 Å². The molecule has 0 saturated carbocycles. The van der Waals surface area contributed by atoms with E-state index in [9.17, 15) is 0 Å². The molecule has 0 aromatic carbocycles. The molecule has 0 spiro atoms. The standard InChI is InChI=1S/C12H25NO2/c1-7-15-10-8-11(2,3)13(14-6)12(4,5)9-10/h10H,7-9H2,1-6H3. The van der Waals surface area contributed by atoms with Crippen molar-refractivity contribution in [3.8, 4) is 0 Å². The van der Waals surface area contributed by atoms with Gasteiger partial charge in [-0.1, -0.05) is 0 Å². The van der Waals surface area contributed by atoms with Gasteiger partial charge in [0.1, 0.15) is 0 Å². The maximum Gasteiger partial charge on any atom is 0.0611 e. The van der Waals surface area contributed by atoms with Crippen LogP contribution in [0.3, 0.4) is 0 Å². The molecule has 15 heavy (non-hydrogen) atoms. The topological polar surface area (TPSA) is 21.7 Å². The second kappa shape index (κ2) is 4.40. The zero-order valence-electron chi connectivity index (χ0n) is 11.0. The lowest BCUT2D eigenvalue weighted by Gasteiger charge is -2.53. The number of ether oxygens (including phenoxy) is 1. The van der Waals surface area contributed by atoms with Crippen LogP contribution in [0.4, 0.5) is 0 Å². The van der Waals surface area contributed by atoms with E-state index in [2.05, 4.69) is 39.7 Å². The molecule has 0 amide bonds. The molecule has 1 aliphatic rings. The first-order valence-electron chi connectivity index (χ1n) is 5.79. The van der Waals surface area contributed by atoms with E-state index < -0.39 is 0 Å². The van der Waals surface area contributed by atoms with Gasteiger partial charge in [-0.15, -0.1) is 0 Å². The van der Waals surface area contributed by atoms with Crippen LogP contribution < -0.4 is 0 Å². The molecule has 1 rings (SSSR count). The monoisotopic (exact) mass is 215 g/mol. The van der Waals surface area contributed by atoms with Gasteiger partial charge in [0.25, 0.3) is 0 Å². The summed E-state index contributed by atoms with van der Waals surface area (Å²) in [5, 5.41) is 2.11. The Morgan fingerprint density at radius 2 is 1.60 bits per heavy atom. The van der Waals surface area contributed by atoms with Crippen molar-refractivity contribution >= 4 is 0 Å². The van der Waals surface area contributed by atoms with Gasteiger partial charge in [-0.2, -0.15) is 5.06 Å². The average molecular weight is 215 g/mol. The maximum atomic E-state index is 5.76. The number of hydroxylamine groups is 2. The Morgan fingerprint density at radius 1 is 1.13 bits per heavy atom. The number of hydrogen-bond donors (Lipinski definition) is 0. The molecule has 1 heterocycles. The van der Waals surface area contributed by atoms with Crippen LogP contribution in [0.5, 0.6) is 0 Å². The highest BCUT2D eigenvalue weighted by Crippen LogP contribution is 2.39. The van der Waals surface area contributed by atoms with Crippen LogP contribution in [-0.2, 0) is 9.57 Å². The Balaban J connectivity index is 2.81. The van der Waals surface area contributed by atoms with Crippen LogP contribution in [0.1, 0.15) is 47.5 Å². The molecule has 1 saturated heterocycles. The number of hydrogen-bond acceptors (Lipinski definition) is 3. The van der Waals surface area contributed by atoms with E-state index in [0.29, 0.717) is 6.10 Å². The van der Waals surface area contributed by atoms with Gasteiger partial charge in [0.15, 0.2) is 0 Å². The van der Waals surface area contributed by atoms with Gasteiger partial charge in [-0.3, -0.25) is 0 Å². The average Bonchev–Trinajstić information content (AvgIpc) is 2.00. The van der Waals surface area contributed by atoms with E-state index in [1.54, 1.807) is 7.11 Å². The van der Waals surface area contributed by atoms with E-state index in [-0.39, 0.29) is 11.1 Å². The second-order valence-electron chi connectivity index (χ2n) is 5.59. The van der Waals surface area contributed by atoms with Crippen molar-refractivity contribution in [2.45, 2.75) is 64.6 Å². The summed E-state index contributed by atoms with van der Waals surface area (Å²) in [5.41, 5.74) is 0.0761. The summed E-state index contributed by atoms with van der Waals surface area (Å²) >= 11 is 0. The minimum atomic E-state index is 0.0380. The highest BCUT2D eigenvalue weighted by molar-refractivity contribution is 4.97. The van der Waals surface area contributed by atoms with E-state index >= 15 is 0 Å². The fourth-order valence-electron chi connectivity index (χ4n) is 3.02. The molecule has 1 aliphatic heterocycles. The molecule has 1 fully saturated rings. The molecule has 0 unspecified atom stereocenters. The summed E-state index contributed by atoms with van der Waals surface area (Å²) in [6.07, 6.45) is 2.40. The third-order valence-corrected chi connectivity index (χ3v) is 3.14. The van der Waals surface area contributed by atoms with Crippen LogP contribution in [-0.4, -0.2) is 36.0 Å². The summed E-state index contributed by atoms with van der Waals surface area (Å²) in [6.45, 7) is 11.7. The molecule has 0 aromatic heterocycles. The molecule has 3 nitrogen and oxygen atoms in total. The highest BCUT2D eigenvalue weighted by atomic mass is 16.7. The van der Waals surface area contributed by atoms with Crippen molar-refractivity contribution in [2.75, 3.05) is 13.7 Å². The van der Waals surface area contributed by atoms with Crippen molar-refractivity contribution in [3.63, 3.8) is 0 Å². The van der Waals surface area contributed by atoms with Crippen molar-refractivity contribution in [1.29, 1.82) is 0 Å². The number of rotatable bonds is 3. The normalized spacial score (nSPS) is 26.8. The van der Waals surface area contributed by atoms with E-state index in [4.69, 9.17) is 9.57 Å². The maximum absolute atomic E-state index is 5.76. The first-order chi connectivity index (χ1) is 6.83. The summed E-state index contributed by atoms with van der Waals surface area (Å²) < 4.78 is 5.76. The lowest BCUT2D eigenvalue weighted by atomic mass is 9.80. The smallest absolute Gasteiger partial charge is 0.0611 e. The molecule has 0 atom stereocenters. The summed E-state index contributed by atoms with van der Waals surface area (Å²) in [4.78, 5) is 5.53. The molecule has 90 valence electrons. The van der Waals surface area contributed by atoms with Crippen molar-refractivity contribution < 1.29 is 9.57 Å². The third-order valence-electron chi connectivity index (χ3n) is 3.14. The Labute approximate surface area is 93.7 Å². The first-order valence-corrected chi connectivity index (χ1v) is 5.79. The van der Waals surface area contributed by atoms with Gasteiger partial charge in [-0.05, 0) is 47.5 Å². The van der Waals surface area contributed by atoms with E-state index in [1.807, 2.05) is 0 Å². The number of piperidine rings is 1. The molecular formula is C12H25NO2. The molecule has 0 radical (unpaired) electrons. The molecule has 0 bridgehead atoms. The van der Waals surface area contributed by atoms with E-state index in [1.165, 1.54) is 0 Å². The number of nitrogens with zero attached hydrogens (tertiary/aromatic N) is 1. The largest absolute Gasteiger partial charge is 0.378 e. The molecular weight excluding hydrogens is 190 g/mol. The van der Waals surface area contributed by atoms with E-state index in [0.717, 1.165) is 19.4 Å². The van der Waals surface area contributed by atoms with Gasteiger partial charge in [-0.25, -0.2) is 0 Å². The SMILES string of the molecule is CCOC1CC(C)(C)N(OC)C(C)(C)C1. The predicted molar refractivity (Wildman–Crippen MR) is 61.7 cm³/mol. The summed E-state index contributed by atoms with van der Waals surface area (Å²) in [6, 6.07) is 0. The fraction of sp³-hybridized carbons (Fsp3) is 1.00. The summed E-state index contributed by atoms with van der Waals surface area (Å²) in [7, 11) is 1.75. The highest BCUT2D eigenvalue weighted by Gasteiger charge is 2.46. The predicted octanol–water partition coefficient (Wildman–Crippen LogP) is 2.61. The molecule has 3 heteroatoms. The van der Waals surface area contributed by atoms with Crippen molar-refractivity contribution in [1.82, 2.24) is 5.06 Å². The Morgan fingerprint density at radius 3 is 1.93 bits per heavy atom. The first kappa shape index (κ1) is 12.9. The quantitative estimate of drug-likeness (QED) is 0.722. The lowest BCUT2D eigenvalue weighted by Crippen LogP contribution is -2.61. The Kier molecular flexibility index (Phi) is 3.80. The van der Waals surface area contributed by atoms with Gasteiger partial charge < -0.3 is 9.57 Å². The van der Waals surface area contributed by atoms with Gasteiger partial charge >= 0.3 is 0 Å². The zero-order valence-corrected chi connectivity index (χ0v) is 11.0. The van der Waals surface area contributed by atoms with Crippen LogP contribution in [0.2, 0.25) is 0 Å². The van der Waals surface area contributed by atoms with Crippen LogP contribution in [0.15, 0.2) is 0 Å². The van der Waals surface area contributed by atoms with Gasteiger partial charge in [0.2, 0.25) is 0 Å². The van der Waals surface area contributed by atoms with Crippen LogP contribution >= 0.6 is 0 Å². The molecule has 0 aliphatic carbocycles. The van der Waals surface area contributed by atoms with Gasteiger partial charge in [0, 0.05) is 17.7 Å². The third kappa shape index (κ3) is 2.71. The lowest BCUT2D eigenvalue weighted by molar-refractivity contribution is -0.279. The molecule has 0 aromatic rings. The van der Waals surface area contributed by atoms with Crippen molar-refractivity contribution in [2.24, 2.45) is 0 Å². The van der Waals surface area contributed by atoms with Crippen LogP contribution in [0, 0.1) is 0 Å². The second-order valence-corrected chi connectivity index (χ2v) is 5.59. The zero-order chi connectivity index (χ0) is 11.7. The van der Waals surface area contributed by atoms with Gasteiger partial charge in [0.05, 0.1) is 13.2 Å². The minimum Gasteiger partial charge on any atom is -0.378 e. The minimum absolute atomic E-state index is 0.0380.